The van der Waals surface area contributed by atoms with Gasteiger partial charge in [0.25, 0.3) is 0 Å². The van der Waals surface area contributed by atoms with Crippen molar-refractivity contribution < 1.29 is 0 Å². The first-order valence-electron chi connectivity index (χ1n) is 4.46. The smallest absolute Gasteiger partial charge is 0.157 e. The summed E-state index contributed by atoms with van der Waals surface area (Å²) >= 11 is 0. The molecule has 0 aliphatic heterocycles. The van der Waals surface area contributed by atoms with E-state index in [9.17, 15) is 0 Å². The molecule has 0 saturated heterocycles. The zero-order chi connectivity index (χ0) is 9.68. The molecule has 1 atom stereocenters. The van der Waals surface area contributed by atoms with Crippen LogP contribution in [0.4, 0.5) is 0 Å². The van der Waals surface area contributed by atoms with Gasteiger partial charge in [-0.2, -0.15) is 5.10 Å². The molecule has 0 amide bonds. The molecule has 0 radical (unpaired) electrons. The number of nitrogens with zero attached hydrogens (tertiary/aromatic N) is 2. The van der Waals surface area contributed by atoms with E-state index in [1.54, 1.807) is 0 Å². The van der Waals surface area contributed by atoms with Crippen LogP contribution < -0.4 is 0 Å². The van der Waals surface area contributed by atoms with Crippen LogP contribution in [-0.2, 0) is 6.42 Å². The lowest BCUT2D eigenvalue weighted by Gasteiger charge is -2.02. The van der Waals surface area contributed by atoms with Gasteiger partial charge < -0.3 is 0 Å². The number of aryl methyl sites for hydroxylation is 1. The number of H-pyrrole nitrogens is 1. The second-order valence-corrected chi connectivity index (χ2v) is 2.86. The maximum atomic E-state index is 4.33. The van der Waals surface area contributed by atoms with Crippen LogP contribution in [0.25, 0.3) is 0 Å². The summed E-state index contributed by atoms with van der Waals surface area (Å²) in [6, 6.07) is 0. The monoisotopic (exact) mass is 177 g/mol. The van der Waals surface area contributed by atoms with E-state index in [0.717, 1.165) is 24.5 Å². The number of nitrogens with one attached hydrogen (secondary N) is 1. The molecule has 0 aromatic carbocycles. The standard InChI is InChI=1S/C10H15N3/c1-4-7-8(5-2)10-11-9(6-3)12-13-10/h4-5,8H,1-2,6-7H2,3H3,(H,11,12,13). The van der Waals surface area contributed by atoms with Gasteiger partial charge in [-0.1, -0.05) is 19.1 Å². The fourth-order valence-corrected chi connectivity index (χ4v) is 1.12. The van der Waals surface area contributed by atoms with Crippen LogP contribution in [0.2, 0.25) is 0 Å². The lowest BCUT2D eigenvalue weighted by molar-refractivity contribution is 0.786. The van der Waals surface area contributed by atoms with Crippen molar-refractivity contribution in [3.05, 3.63) is 37.0 Å². The van der Waals surface area contributed by atoms with E-state index in [4.69, 9.17) is 0 Å². The highest BCUT2D eigenvalue weighted by molar-refractivity contribution is 5.07. The molecule has 1 aromatic heterocycles. The Balaban J connectivity index is 2.78. The van der Waals surface area contributed by atoms with Gasteiger partial charge in [-0.25, -0.2) is 4.98 Å². The molecule has 0 spiro atoms. The summed E-state index contributed by atoms with van der Waals surface area (Å²) in [6.45, 7) is 9.48. The Kier molecular flexibility index (Phi) is 3.43. The Labute approximate surface area is 78.6 Å². The largest absolute Gasteiger partial charge is 0.263 e. The predicted molar refractivity (Wildman–Crippen MR) is 53.5 cm³/mol. The zero-order valence-corrected chi connectivity index (χ0v) is 7.95. The van der Waals surface area contributed by atoms with Crippen molar-refractivity contribution in [3.8, 4) is 0 Å². The van der Waals surface area contributed by atoms with E-state index >= 15 is 0 Å². The minimum absolute atomic E-state index is 0.189. The number of hydrogen-bond acceptors (Lipinski definition) is 2. The van der Waals surface area contributed by atoms with E-state index in [-0.39, 0.29) is 5.92 Å². The average Bonchev–Trinajstić information content (AvgIpc) is 2.62. The van der Waals surface area contributed by atoms with E-state index in [2.05, 4.69) is 28.3 Å². The van der Waals surface area contributed by atoms with Crippen molar-refractivity contribution in [2.75, 3.05) is 0 Å². The van der Waals surface area contributed by atoms with Gasteiger partial charge in [0.15, 0.2) is 5.82 Å². The van der Waals surface area contributed by atoms with Gasteiger partial charge in [0.1, 0.15) is 5.82 Å². The summed E-state index contributed by atoms with van der Waals surface area (Å²) in [7, 11) is 0. The first kappa shape index (κ1) is 9.71. The second-order valence-electron chi connectivity index (χ2n) is 2.86. The molecule has 70 valence electrons. The average molecular weight is 177 g/mol. The van der Waals surface area contributed by atoms with Gasteiger partial charge in [0.2, 0.25) is 0 Å². The quantitative estimate of drug-likeness (QED) is 0.700. The fourth-order valence-electron chi connectivity index (χ4n) is 1.12. The molecular formula is C10H15N3. The normalized spacial score (nSPS) is 12.4. The van der Waals surface area contributed by atoms with Crippen LogP contribution in [0.3, 0.4) is 0 Å². The highest BCUT2D eigenvalue weighted by Gasteiger charge is 2.10. The summed E-state index contributed by atoms with van der Waals surface area (Å²) < 4.78 is 0. The molecule has 1 rings (SSSR count). The minimum atomic E-state index is 0.189. The van der Waals surface area contributed by atoms with Crippen LogP contribution in [0.1, 0.15) is 30.9 Å². The van der Waals surface area contributed by atoms with E-state index in [0.29, 0.717) is 0 Å². The summed E-state index contributed by atoms with van der Waals surface area (Å²) in [5.74, 6) is 1.92. The summed E-state index contributed by atoms with van der Waals surface area (Å²) in [5.41, 5.74) is 0. The molecule has 1 N–H and O–H groups in total. The third-order valence-corrected chi connectivity index (χ3v) is 1.92. The lowest BCUT2D eigenvalue weighted by atomic mass is 10.1. The third kappa shape index (κ3) is 2.28. The third-order valence-electron chi connectivity index (χ3n) is 1.92. The van der Waals surface area contributed by atoms with Gasteiger partial charge in [-0.15, -0.1) is 13.2 Å². The Morgan fingerprint density at radius 2 is 2.31 bits per heavy atom. The molecule has 0 aliphatic rings. The maximum absolute atomic E-state index is 4.33. The molecule has 3 nitrogen and oxygen atoms in total. The summed E-state index contributed by atoms with van der Waals surface area (Å²) in [6.07, 6.45) is 5.42. The van der Waals surface area contributed by atoms with Gasteiger partial charge in [-0.3, -0.25) is 5.10 Å². The van der Waals surface area contributed by atoms with Crippen molar-refractivity contribution >= 4 is 0 Å². The van der Waals surface area contributed by atoms with Crippen LogP contribution >= 0.6 is 0 Å². The number of rotatable bonds is 5. The van der Waals surface area contributed by atoms with E-state index in [1.807, 2.05) is 19.1 Å². The van der Waals surface area contributed by atoms with Crippen molar-refractivity contribution in [1.29, 1.82) is 0 Å². The molecule has 0 saturated carbocycles. The molecule has 0 aliphatic carbocycles. The van der Waals surface area contributed by atoms with Crippen LogP contribution in [0, 0.1) is 0 Å². The Morgan fingerprint density at radius 1 is 1.54 bits per heavy atom. The SMILES string of the molecule is C=CCC(C=C)c1n[nH]c(CC)n1. The highest BCUT2D eigenvalue weighted by atomic mass is 15.2. The fraction of sp³-hybridized carbons (Fsp3) is 0.400. The molecule has 1 unspecified atom stereocenters. The molecule has 13 heavy (non-hydrogen) atoms. The Hall–Kier alpha value is -1.38. The molecule has 1 aromatic rings. The maximum Gasteiger partial charge on any atom is 0.157 e. The van der Waals surface area contributed by atoms with Gasteiger partial charge >= 0.3 is 0 Å². The first-order chi connectivity index (χ1) is 6.31. The second kappa shape index (κ2) is 4.60. The van der Waals surface area contributed by atoms with Crippen LogP contribution in [0.5, 0.6) is 0 Å². The van der Waals surface area contributed by atoms with Crippen LogP contribution in [0.15, 0.2) is 25.3 Å². The summed E-state index contributed by atoms with van der Waals surface area (Å²) in [5, 5.41) is 7.01. The predicted octanol–water partition coefficient (Wildman–Crippen LogP) is 2.21. The van der Waals surface area contributed by atoms with Gasteiger partial charge in [0, 0.05) is 12.3 Å². The van der Waals surface area contributed by atoms with Gasteiger partial charge in [-0.05, 0) is 6.42 Å². The topological polar surface area (TPSA) is 41.6 Å². The Morgan fingerprint density at radius 3 is 2.77 bits per heavy atom. The Bertz CT molecular complexity index is 288. The van der Waals surface area contributed by atoms with Crippen molar-refractivity contribution in [3.63, 3.8) is 0 Å². The molecule has 0 bridgehead atoms. The number of aromatic amines is 1. The number of allylic oxidation sites excluding steroid dienone is 2. The van der Waals surface area contributed by atoms with Crippen molar-refractivity contribution in [2.45, 2.75) is 25.7 Å². The van der Waals surface area contributed by atoms with Crippen molar-refractivity contribution in [1.82, 2.24) is 15.2 Å². The molecule has 0 fully saturated rings. The number of aromatic nitrogens is 3. The minimum Gasteiger partial charge on any atom is -0.263 e. The molecule has 3 heteroatoms. The van der Waals surface area contributed by atoms with Crippen molar-refractivity contribution in [2.24, 2.45) is 0 Å². The zero-order valence-electron chi connectivity index (χ0n) is 7.95. The highest BCUT2D eigenvalue weighted by Crippen LogP contribution is 2.16. The van der Waals surface area contributed by atoms with E-state index in [1.165, 1.54) is 0 Å². The van der Waals surface area contributed by atoms with Gasteiger partial charge in [0.05, 0.1) is 0 Å². The number of hydrogen-bond donors (Lipinski definition) is 1. The first-order valence-corrected chi connectivity index (χ1v) is 4.46. The molecular weight excluding hydrogens is 162 g/mol. The lowest BCUT2D eigenvalue weighted by Crippen LogP contribution is -1.96. The molecule has 1 heterocycles. The van der Waals surface area contributed by atoms with E-state index < -0.39 is 0 Å². The summed E-state index contributed by atoms with van der Waals surface area (Å²) in [4.78, 5) is 4.33. The van der Waals surface area contributed by atoms with Crippen LogP contribution in [-0.4, -0.2) is 15.2 Å².